The van der Waals surface area contributed by atoms with Crippen LogP contribution in [0.3, 0.4) is 0 Å². The van der Waals surface area contributed by atoms with Gasteiger partial charge in [0.1, 0.15) is 0 Å². The minimum Gasteiger partial charge on any atom is -0.340 e. The van der Waals surface area contributed by atoms with Crippen LogP contribution in [0.15, 0.2) is 0 Å². The first kappa shape index (κ1) is 24.2. The third kappa shape index (κ3) is 7.29. The average Bonchev–Trinajstić information content (AvgIpc) is 3.32. The van der Waals surface area contributed by atoms with Gasteiger partial charge in [0.25, 0.3) is 0 Å². The minimum atomic E-state index is 0.339. The van der Waals surface area contributed by atoms with Crippen molar-refractivity contribution in [2.24, 2.45) is 17.8 Å². The van der Waals surface area contributed by atoms with E-state index >= 15 is 0 Å². The zero-order valence-corrected chi connectivity index (χ0v) is 19.8. The van der Waals surface area contributed by atoms with Crippen molar-refractivity contribution in [1.29, 1.82) is 0 Å². The number of carbonyl (C=O) groups excluding carboxylic acids is 2. The zero-order chi connectivity index (χ0) is 21.4. The van der Waals surface area contributed by atoms with E-state index in [0.29, 0.717) is 54.5 Å². The third-order valence-corrected chi connectivity index (χ3v) is 7.01. The summed E-state index contributed by atoms with van der Waals surface area (Å²) in [6.07, 6.45) is 11.9. The summed E-state index contributed by atoms with van der Waals surface area (Å²) in [5.74, 6) is 2.22. The molecule has 0 bridgehead atoms. The minimum absolute atomic E-state index is 0.339. The van der Waals surface area contributed by atoms with Crippen LogP contribution in [0.25, 0.3) is 0 Å². The lowest BCUT2D eigenvalue weighted by atomic mass is 9.91. The van der Waals surface area contributed by atoms with Gasteiger partial charge in [0.05, 0.1) is 0 Å². The Morgan fingerprint density at radius 3 is 2.10 bits per heavy atom. The molecule has 0 aliphatic heterocycles. The molecule has 4 nitrogen and oxygen atoms in total. The molecule has 3 atom stereocenters. The van der Waals surface area contributed by atoms with Crippen LogP contribution in [0.4, 0.5) is 0 Å². The molecule has 0 radical (unpaired) electrons. The Hall–Kier alpha value is -1.06. The van der Waals surface area contributed by atoms with Crippen LogP contribution < -0.4 is 0 Å². The van der Waals surface area contributed by atoms with E-state index in [1.807, 2.05) is 0 Å². The van der Waals surface area contributed by atoms with Gasteiger partial charge < -0.3 is 9.80 Å². The Balaban J connectivity index is 1.82. The maximum Gasteiger partial charge on any atom is 0.223 e. The molecule has 2 aliphatic rings. The van der Waals surface area contributed by atoms with Gasteiger partial charge in [0.15, 0.2) is 0 Å². The summed E-state index contributed by atoms with van der Waals surface area (Å²) < 4.78 is 0. The fraction of sp³-hybridized carbons (Fsp3) is 0.920. The highest BCUT2D eigenvalue weighted by Gasteiger charge is 2.33. The summed E-state index contributed by atoms with van der Waals surface area (Å²) in [7, 11) is 0. The number of hydrogen-bond donors (Lipinski definition) is 0. The van der Waals surface area contributed by atoms with Crippen LogP contribution >= 0.6 is 0 Å². The van der Waals surface area contributed by atoms with Crippen LogP contribution in [-0.2, 0) is 9.59 Å². The molecule has 2 aliphatic carbocycles. The van der Waals surface area contributed by atoms with Crippen molar-refractivity contribution in [1.82, 2.24) is 9.80 Å². The van der Waals surface area contributed by atoms with E-state index in [0.717, 1.165) is 38.8 Å². The predicted octanol–water partition coefficient (Wildman–Crippen LogP) is 5.65. The van der Waals surface area contributed by atoms with Gasteiger partial charge >= 0.3 is 0 Å². The van der Waals surface area contributed by atoms with Crippen LogP contribution in [0.2, 0.25) is 0 Å². The van der Waals surface area contributed by atoms with Gasteiger partial charge in [0.2, 0.25) is 11.8 Å². The second-order valence-corrected chi connectivity index (χ2v) is 10.2. The molecule has 29 heavy (non-hydrogen) atoms. The highest BCUT2D eigenvalue weighted by molar-refractivity contribution is 5.77. The van der Waals surface area contributed by atoms with Crippen molar-refractivity contribution >= 4 is 11.8 Å². The Morgan fingerprint density at radius 1 is 0.862 bits per heavy atom. The van der Waals surface area contributed by atoms with E-state index in [1.54, 1.807) is 0 Å². The van der Waals surface area contributed by atoms with E-state index in [4.69, 9.17) is 0 Å². The fourth-order valence-electron chi connectivity index (χ4n) is 5.69. The summed E-state index contributed by atoms with van der Waals surface area (Å²) in [4.78, 5) is 29.9. The maximum absolute atomic E-state index is 12.9. The molecule has 0 aromatic rings. The second-order valence-electron chi connectivity index (χ2n) is 10.2. The van der Waals surface area contributed by atoms with E-state index in [-0.39, 0.29) is 0 Å². The highest BCUT2D eigenvalue weighted by atomic mass is 16.2. The molecule has 0 aromatic carbocycles. The summed E-state index contributed by atoms with van der Waals surface area (Å²) in [5.41, 5.74) is 0. The summed E-state index contributed by atoms with van der Waals surface area (Å²) >= 11 is 0. The SMILES string of the molecule is CCCN(C(=O)CC(C)C)C1CCC(CC(C)CC(=O)N(CC)C2CCCC2)C1. The number of rotatable bonds is 11. The predicted molar refractivity (Wildman–Crippen MR) is 121 cm³/mol. The van der Waals surface area contributed by atoms with Crippen LogP contribution in [0, 0.1) is 17.8 Å². The van der Waals surface area contributed by atoms with E-state index in [9.17, 15) is 9.59 Å². The van der Waals surface area contributed by atoms with E-state index in [2.05, 4.69) is 44.4 Å². The van der Waals surface area contributed by atoms with Crippen LogP contribution in [0.5, 0.6) is 0 Å². The van der Waals surface area contributed by atoms with Crippen molar-refractivity contribution in [3.63, 3.8) is 0 Å². The lowest BCUT2D eigenvalue weighted by molar-refractivity contribution is -0.134. The molecule has 0 saturated heterocycles. The molecule has 3 unspecified atom stereocenters. The molecule has 168 valence electrons. The first-order chi connectivity index (χ1) is 13.8. The number of nitrogens with zero attached hydrogens (tertiary/aromatic N) is 2. The third-order valence-electron chi connectivity index (χ3n) is 7.01. The standard InChI is InChI=1S/C25H46N2O2/c1-6-14-27(24(28)15-19(3)4)23-13-12-21(18-23)16-20(5)17-25(29)26(7-2)22-10-8-9-11-22/h19-23H,6-18H2,1-5H3. The van der Waals surface area contributed by atoms with Gasteiger partial charge in [-0.2, -0.15) is 0 Å². The molecule has 2 rings (SSSR count). The topological polar surface area (TPSA) is 40.6 Å². The summed E-state index contributed by atoms with van der Waals surface area (Å²) in [6, 6.07) is 0.907. The van der Waals surface area contributed by atoms with Gasteiger partial charge in [-0.05, 0) is 69.6 Å². The summed E-state index contributed by atoms with van der Waals surface area (Å²) in [6.45, 7) is 12.5. The van der Waals surface area contributed by atoms with Gasteiger partial charge in [-0.25, -0.2) is 0 Å². The smallest absolute Gasteiger partial charge is 0.223 e. The van der Waals surface area contributed by atoms with Gasteiger partial charge in [-0.3, -0.25) is 9.59 Å². The van der Waals surface area contributed by atoms with Gasteiger partial charge in [-0.15, -0.1) is 0 Å². The van der Waals surface area contributed by atoms with Crippen molar-refractivity contribution in [3.8, 4) is 0 Å². The quantitative estimate of drug-likeness (QED) is 0.445. The number of hydrogen-bond acceptors (Lipinski definition) is 2. The molecule has 2 fully saturated rings. The second kappa shape index (κ2) is 12.0. The molecular weight excluding hydrogens is 360 g/mol. The first-order valence-corrected chi connectivity index (χ1v) is 12.4. The van der Waals surface area contributed by atoms with Crippen molar-refractivity contribution in [2.75, 3.05) is 13.1 Å². The van der Waals surface area contributed by atoms with Crippen molar-refractivity contribution in [2.45, 2.75) is 117 Å². The van der Waals surface area contributed by atoms with Crippen LogP contribution in [0.1, 0.15) is 105 Å². The molecule has 2 amide bonds. The van der Waals surface area contributed by atoms with Gasteiger partial charge in [-0.1, -0.05) is 40.5 Å². The Morgan fingerprint density at radius 2 is 1.52 bits per heavy atom. The molecule has 0 aromatic heterocycles. The average molecular weight is 407 g/mol. The van der Waals surface area contributed by atoms with E-state index < -0.39 is 0 Å². The molecule has 0 N–H and O–H groups in total. The number of amides is 2. The Labute approximate surface area is 179 Å². The highest BCUT2D eigenvalue weighted by Crippen LogP contribution is 2.35. The molecule has 0 spiro atoms. The Bertz CT molecular complexity index is 513. The van der Waals surface area contributed by atoms with Crippen molar-refractivity contribution < 1.29 is 9.59 Å². The molecule has 4 heteroatoms. The van der Waals surface area contributed by atoms with E-state index in [1.165, 1.54) is 32.1 Å². The maximum atomic E-state index is 12.9. The molecule has 2 saturated carbocycles. The first-order valence-electron chi connectivity index (χ1n) is 12.4. The fourth-order valence-corrected chi connectivity index (χ4v) is 5.69. The normalized spacial score (nSPS) is 23.5. The lowest BCUT2D eigenvalue weighted by Crippen LogP contribution is -2.40. The molecule has 0 heterocycles. The zero-order valence-electron chi connectivity index (χ0n) is 19.8. The van der Waals surface area contributed by atoms with Crippen molar-refractivity contribution in [3.05, 3.63) is 0 Å². The number of carbonyl (C=O) groups is 2. The van der Waals surface area contributed by atoms with Crippen LogP contribution in [-0.4, -0.2) is 46.8 Å². The Kier molecular flexibility index (Phi) is 9.98. The van der Waals surface area contributed by atoms with Gasteiger partial charge in [0, 0.05) is 38.0 Å². The molecular formula is C25H46N2O2. The monoisotopic (exact) mass is 406 g/mol. The largest absolute Gasteiger partial charge is 0.340 e. The lowest BCUT2D eigenvalue weighted by Gasteiger charge is -2.30. The summed E-state index contributed by atoms with van der Waals surface area (Å²) in [5, 5.41) is 0.